The maximum atomic E-state index is 6.43. The summed E-state index contributed by atoms with van der Waals surface area (Å²) >= 11 is 0. The zero-order valence-electron chi connectivity index (χ0n) is 25.4. The summed E-state index contributed by atoms with van der Waals surface area (Å²) in [5.74, 6) is 1.77. The molecular formula is C41H37NO2. The van der Waals surface area contributed by atoms with E-state index >= 15 is 0 Å². The Bertz CT molecular complexity index is 2000. The van der Waals surface area contributed by atoms with Crippen LogP contribution in [0.15, 0.2) is 121 Å². The van der Waals surface area contributed by atoms with Crippen LogP contribution in [0, 0.1) is 13.8 Å². The number of fused-ring (bicyclic) bond motifs is 4. The Morgan fingerprint density at radius 1 is 0.500 bits per heavy atom. The van der Waals surface area contributed by atoms with Crippen molar-refractivity contribution >= 4 is 43.1 Å². The Morgan fingerprint density at radius 3 is 1.43 bits per heavy atom. The van der Waals surface area contributed by atoms with Gasteiger partial charge in [-0.25, -0.2) is 0 Å². The first-order valence-electron chi connectivity index (χ1n) is 15.5. The first-order chi connectivity index (χ1) is 21.7. The third-order valence-electron chi connectivity index (χ3n) is 8.67. The topological polar surface area (TPSA) is 30.5 Å². The molecule has 0 saturated carbocycles. The van der Waals surface area contributed by atoms with Crippen LogP contribution in [0.2, 0.25) is 0 Å². The van der Waals surface area contributed by atoms with Crippen molar-refractivity contribution in [3.05, 3.63) is 144 Å². The maximum absolute atomic E-state index is 6.43. The van der Waals surface area contributed by atoms with E-state index in [4.69, 9.17) is 9.47 Å². The van der Waals surface area contributed by atoms with Crippen molar-refractivity contribution in [2.75, 3.05) is 19.8 Å². The molecule has 7 rings (SSSR count). The molecule has 0 amide bonds. The van der Waals surface area contributed by atoms with Crippen LogP contribution in [0.5, 0.6) is 11.5 Å². The van der Waals surface area contributed by atoms with Crippen molar-refractivity contribution in [3.8, 4) is 11.5 Å². The molecule has 0 aliphatic rings. The van der Waals surface area contributed by atoms with E-state index in [-0.39, 0.29) is 0 Å². The molecule has 0 saturated heterocycles. The van der Waals surface area contributed by atoms with Crippen LogP contribution >= 0.6 is 0 Å². The van der Waals surface area contributed by atoms with Gasteiger partial charge in [0.05, 0.1) is 6.61 Å². The normalized spacial score (nSPS) is 11.5. The van der Waals surface area contributed by atoms with Gasteiger partial charge in [-0.2, -0.15) is 0 Å². The summed E-state index contributed by atoms with van der Waals surface area (Å²) in [6.07, 6.45) is 0.832. The molecule has 1 N–H and O–H groups in total. The van der Waals surface area contributed by atoms with Crippen molar-refractivity contribution in [2.24, 2.45) is 0 Å². The lowest BCUT2D eigenvalue weighted by atomic mass is 9.95. The molecule has 0 atom stereocenters. The van der Waals surface area contributed by atoms with Gasteiger partial charge < -0.3 is 14.8 Å². The van der Waals surface area contributed by atoms with E-state index in [0.717, 1.165) is 42.1 Å². The Hall–Kier alpha value is -4.86. The predicted octanol–water partition coefficient (Wildman–Crippen LogP) is 9.71. The van der Waals surface area contributed by atoms with Gasteiger partial charge >= 0.3 is 0 Å². The third kappa shape index (κ3) is 5.59. The zero-order valence-corrected chi connectivity index (χ0v) is 25.4. The molecule has 0 spiro atoms. The van der Waals surface area contributed by atoms with Gasteiger partial charge in [0.15, 0.2) is 0 Å². The van der Waals surface area contributed by atoms with E-state index in [2.05, 4.69) is 140 Å². The van der Waals surface area contributed by atoms with Crippen molar-refractivity contribution < 1.29 is 9.47 Å². The first kappa shape index (κ1) is 27.9. The zero-order chi connectivity index (χ0) is 29.9. The molecule has 0 unspecified atom stereocenters. The monoisotopic (exact) mass is 575 g/mol. The Labute approximate surface area is 259 Å². The molecule has 7 aromatic carbocycles. The van der Waals surface area contributed by atoms with E-state index in [1.807, 2.05) is 0 Å². The summed E-state index contributed by atoms with van der Waals surface area (Å²) < 4.78 is 12.7. The highest BCUT2D eigenvalue weighted by molar-refractivity contribution is 6.03. The second kappa shape index (κ2) is 12.4. The lowest BCUT2D eigenvalue weighted by molar-refractivity contribution is 0.298. The third-order valence-corrected chi connectivity index (χ3v) is 8.67. The number of hydrogen-bond acceptors (Lipinski definition) is 3. The summed E-state index contributed by atoms with van der Waals surface area (Å²) in [4.78, 5) is 0. The molecular weight excluding hydrogens is 538 g/mol. The van der Waals surface area contributed by atoms with Crippen LogP contribution in [-0.2, 0) is 13.0 Å². The quantitative estimate of drug-likeness (QED) is 0.130. The molecule has 0 fully saturated rings. The van der Waals surface area contributed by atoms with E-state index in [9.17, 15) is 0 Å². The van der Waals surface area contributed by atoms with Gasteiger partial charge in [0.1, 0.15) is 18.1 Å². The number of benzene rings is 7. The van der Waals surface area contributed by atoms with Gasteiger partial charge in [-0.3, -0.25) is 0 Å². The van der Waals surface area contributed by atoms with Gasteiger partial charge in [-0.15, -0.1) is 0 Å². The van der Waals surface area contributed by atoms with Gasteiger partial charge in [-0.05, 0) is 97.9 Å². The largest absolute Gasteiger partial charge is 0.493 e. The van der Waals surface area contributed by atoms with E-state index in [1.54, 1.807) is 0 Å². The number of nitrogens with one attached hydrogen (secondary N) is 1. The highest BCUT2D eigenvalue weighted by Crippen LogP contribution is 2.32. The van der Waals surface area contributed by atoms with Crippen LogP contribution in [0.25, 0.3) is 43.1 Å². The summed E-state index contributed by atoms with van der Waals surface area (Å²) in [5, 5.41) is 13.9. The molecule has 3 heteroatoms. The Morgan fingerprint density at radius 2 is 0.932 bits per heavy atom. The van der Waals surface area contributed by atoms with Crippen LogP contribution in [0.4, 0.5) is 0 Å². The molecule has 7 aromatic rings. The molecule has 0 bridgehead atoms. The fraction of sp³-hybridized carbons (Fsp3) is 0.171. The SMILES string of the molecule is Cc1cc(OCCNCc2c3ccccc3cc3ccccc23)c(C)c(OCCc2c3ccccc3cc3ccccc23)c1. The van der Waals surface area contributed by atoms with Crippen LogP contribution in [-0.4, -0.2) is 19.8 Å². The lowest BCUT2D eigenvalue weighted by Gasteiger charge is -2.17. The average molecular weight is 576 g/mol. The highest BCUT2D eigenvalue weighted by Gasteiger charge is 2.12. The summed E-state index contributed by atoms with van der Waals surface area (Å²) in [6, 6.07) is 43.3. The van der Waals surface area contributed by atoms with Crippen molar-refractivity contribution in [1.29, 1.82) is 0 Å². The predicted molar refractivity (Wildman–Crippen MR) is 185 cm³/mol. The van der Waals surface area contributed by atoms with Gasteiger partial charge in [0.2, 0.25) is 0 Å². The molecule has 0 aliphatic carbocycles. The minimum Gasteiger partial charge on any atom is -0.493 e. The summed E-state index contributed by atoms with van der Waals surface area (Å²) in [6.45, 7) is 6.90. The van der Waals surface area contributed by atoms with E-state index < -0.39 is 0 Å². The van der Waals surface area contributed by atoms with Crippen LogP contribution in [0.3, 0.4) is 0 Å². The van der Waals surface area contributed by atoms with E-state index in [0.29, 0.717) is 13.2 Å². The standard InChI is InChI=1S/C41H37NO2/c1-28-23-40(43-21-19-38-34-15-7-3-11-30(34)25-31-12-4-8-16-35(31)38)29(2)41(24-28)44-22-20-42-27-39-36-17-9-5-13-32(36)26-33-14-6-10-18-37(33)39/h3-18,23-26,42H,19-22,27H2,1-2H3. The van der Waals surface area contributed by atoms with Crippen LogP contribution < -0.4 is 14.8 Å². The van der Waals surface area contributed by atoms with Crippen LogP contribution in [0.1, 0.15) is 22.3 Å². The molecule has 0 heterocycles. The van der Waals surface area contributed by atoms with Gasteiger partial charge in [0.25, 0.3) is 0 Å². The summed E-state index contributed by atoms with van der Waals surface area (Å²) in [5.41, 5.74) is 4.84. The molecule has 0 radical (unpaired) electrons. The minimum absolute atomic E-state index is 0.578. The fourth-order valence-corrected chi connectivity index (χ4v) is 6.48. The number of hydrogen-bond donors (Lipinski definition) is 1. The molecule has 218 valence electrons. The van der Waals surface area contributed by atoms with Crippen molar-refractivity contribution in [3.63, 3.8) is 0 Å². The second-order valence-electron chi connectivity index (χ2n) is 11.6. The lowest BCUT2D eigenvalue weighted by Crippen LogP contribution is -2.21. The van der Waals surface area contributed by atoms with E-state index in [1.165, 1.54) is 54.2 Å². The minimum atomic E-state index is 0.578. The Balaban J connectivity index is 1.01. The number of ether oxygens (including phenoxy) is 2. The molecule has 44 heavy (non-hydrogen) atoms. The number of aryl methyl sites for hydroxylation is 1. The molecule has 0 aliphatic heterocycles. The smallest absolute Gasteiger partial charge is 0.126 e. The molecule has 3 nitrogen and oxygen atoms in total. The number of rotatable bonds is 10. The summed E-state index contributed by atoms with van der Waals surface area (Å²) in [7, 11) is 0. The highest BCUT2D eigenvalue weighted by atomic mass is 16.5. The fourth-order valence-electron chi connectivity index (χ4n) is 6.48. The maximum Gasteiger partial charge on any atom is 0.126 e. The van der Waals surface area contributed by atoms with Gasteiger partial charge in [0, 0.05) is 25.1 Å². The second-order valence-corrected chi connectivity index (χ2v) is 11.6. The Kier molecular flexibility index (Phi) is 7.87. The molecule has 0 aromatic heterocycles. The van der Waals surface area contributed by atoms with Crippen molar-refractivity contribution in [2.45, 2.75) is 26.8 Å². The van der Waals surface area contributed by atoms with Gasteiger partial charge in [-0.1, -0.05) is 97.1 Å². The first-order valence-corrected chi connectivity index (χ1v) is 15.5. The van der Waals surface area contributed by atoms with Crippen molar-refractivity contribution in [1.82, 2.24) is 5.32 Å². The average Bonchev–Trinajstić information content (AvgIpc) is 3.05.